The minimum atomic E-state index is -4.11. The van der Waals surface area contributed by atoms with Crippen molar-refractivity contribution in [2.45, 2.75) is 62.8 Å². The van der Waals surface area contributed by atoms with Gasteiger partial charge in [0.25, 0.3) is 11.8 Å². The van der Waals surface area contributed by atoms with Gasteiger partial charge in [-0.1, -0.05) is 30.9 Å². The largest absolute Gasteiger partial charge is 0.496 e. The molecule has 0 spiro atoms. The van der Waals surface area contributed by atoms with E-state index in [1.807, 2.05) is 12.3 Å². The minimum Gasteiger partial charge on any atom is -0.496 e. The second-order valence-corrected chi connectivity index (χ2v) is 16.2. The van der Waals surface area contributed by atoms with Crippen molar-refractivity contribution in [3.05, 3.63) is 46.2 Å². The van der Waals surface area contributed by atoms with Gasteiger partial charge in [-0.3, -0.25) is 24.2 Å². The Kier molecular flexibility index (Phi) is 9.55. The maximum Gasteiger partial charge on any atom is 0.303 e. The van der Waals surface area contributed by atoms with Gasteiger partial charge < -0.3 is 19.1 Å². The number of Topliss-reactive ketones (excluding diaryl/α,β-unsaturated/α-hetero) is 1. The zero-order valence-corrected chi connectivity index (χ0v) is 30.5. The highest BCUT2D eigenvalue weighted by molar-refractivity contribution is 7.87. The first-order valence-corrected chi connectivity index (χ1v) is 18.5. The Hall–Kier alpha value is -4.30. The van der Waals surface area contributed by atoms with Crippen LogP contribution in [0.3, 0.4) is 0 Å². The molecule has 50 heavy (non-hydrogen) atoms. The number of nitrogens with one attached hydrogen (secondary N) is 1. The Bertz CT molecular complexity index is 1970. The van der Waals surface area contributed by atoms with E-state index < -0.39 is 51.6 Å². The predicted octanol–water partition coefficient (Wildman–Crippen LogP) is 3.08. The summed E-state index contributed by atoms with van der Waals surface area (Å²) in [5.41, 5.74) is 4.85. The van der Waals surface area contributed by atoms with E-state index in [9.17, 15) is 27.6 Å². The molecular weight excluding hydrogens is 660 g/mol. The number of fused-ring (bicyclic) bond motifs is 6. The molecule has 2 aliphatic carbocycles. The van der Waals surface area contributed by atoms with Crippen LogP contribution in [0.5, 0.6) is 5.75 Å². The number of amides is 3. The molecule has 14 heteroatoms. The smallest absolute Gasteiger partial charge is 0.303 e. The van der Waals surface area contributed by atoms with E-state index >= 15 is 0 Å². The zero-order chi connectivity index (χ0) is 36.2. The number of likely N-dealkylation sites (N-methyl/N-ethyl adjacent to an activating group) is 1. The van der Waals surface area contributed by atoms with Crippen molar-refractivity contribution in [2.24, 2.45) is 16.8 Å². The van der Waals surface area contributed by atoms with Gasteiger partial charge in [0.15, 0.2) is 6.04 Å². The van der Waals surface area contributed by atoms with Gasteiger partial charge in [0.05, 0.1) is 18.5 Å². The number of benzene rings is 1. The number of hydrogen-bond donors (Lipinski definition) is 1. The topological polar surface area (TPSA) is 151 Å². The minimum absolute atomic E-state index is 0.149. The first-order chi connectivity index (χ1) is 23.7. The maximum absolute atomic E-state index is 13.9. The molecule has 4 aliphatic rings. The number of aliphatic imine (C=N–C) groups is 1. The number of hydrogen-bond acceptors (Lipinski definition) is 8. The van der Waals surface area contributed by atoms with Crippen LogP contribution in [0.15, 0.2) is 39.9 Å². The lowest BCUT2D eigenvalue weighted by molar-refractivity contribution is -0.149. The van der Waals surface area contributed by atoms with E-state index in [1.54, 1.807) is 27.4 Å². The summed E-state index contributed by atoms with van der Waals surface area (Å²) in [7, 11) is 6.47. The van der Waals surface area contributed by atoms with Crippen LogP contribution in [0.4, 0.5) is 0 Å². The van der Waals surface area contributed by atoms with Crippen LogP contribution in [0.25, 0.3) is 17.1 Å². The highest BCUT2D eigenvalue weighted by atomic mass is 32.2. The molecule has 1 aromatic heterocycles. The summed E-state index contributed by atoms with van der Waals surface area (Å²) < 4.78 is 36.5. The van der Waals surface area contributed by atoms with Crippen LogP contribution < -0.4 is 9.46 Å². The summed E-state index contributed by atoms with van der Waals surface area (Å²) in [5, 5.41) is 0.874. The third-order valence-electron chi connectivity index (χ3n) is 10.7. The first kappa shape index (κ1) is 35.5. The number of rotatable bonds is 8. The number of carbonyl (C=O) groups is 4. The number of aromatic nitrogens is 1. The fourth-order valence-corrected chi connectivity index (χ4v) is 8.66. The fourth-order valence-electron chi connectivity index (χ4n) is 8.11. The van der Waals surface area contributed by atoms with E-state index in [0.717, 1.165) is 57.7 Å². The Labute approximate surface area is 293 Å². The predicted molar refractivity (Wildman–Crippen MR) is 190 cm³/mol. The molecule has 4 atom stereocenters. The molecule has 0 bridgehead atoms. The SMILES string of the molecule is COc1ccc(C2CCCCC2)c2c1cc1n2C=C2C(=C3C[C@@H](C(=O)N(C)C)C(C(=O)C(=O)N(C)C)C[C@H]31)C=NC2C(=O)NS(=O)(=O)N(C)C. The van der Waals surface area contributed by atoms with E-state index in [1.165, 1.54) is 44.4 Å². The molecule has 2 fully saturated rings. The lowest BCUT2D eigenvalue weighted by atomic mass is 9.66. The molecule has 1 N–H and O–H groups in total. The number of allylic oxidation sites excluding steroid dienone is 1. The lowest BCUT2D eigenvalue weighted by Gasteiger charge is -2.38. The number of nitrogens with zero attached hydrogens (tertiary/aromatic N) is 5. The van der Waals surface area contributed by atoms with Gasteiger partial charge in [-0.05, 0) is 54.9 Å². The van der Waals surface area contributed by atoms with Gasteiger partial charge in [0, 0.05) is 83.2 Å². The highest BCUT2D eigenvalue weighted by Crippen LogP contribution is 2.52. The van der Waals surface area contributed by atoms with Crippen molar-refractivity contribution in [2.75, 3.05) is 49.4 Å². The third kappa shape index (κ3) is 6.06. The van der Waals surface area contributed by atoms with Crippen molar-refractivity contribution in [1.29, 1.82) is 0 Å². The quantitative estimate of drug-likeness (QED) is 0.415. The van der Waals surface area contributed by atoms with Crippen LogP contribution in [0.2, 0.25) is 0 Å². The summed E-state index contributed by atoms with van der Waals surface area (Å²) in [6.45, 7) is 0. The van der Waals surface area contributed by atoms with E-state index in [0.29, 0.717) is 22.8 Å². The highest BCUT2D eigenvalue weighted by Gasteiger charge is 2.48. The normalized spacial score (nSPS) is 23.5. The summed E-state index contributed by atoms with van der Waals surface area (Å²) in [6.07, 6.45) is 9.27. The Morgan fingerprint density at radius 1 is 0.960 bits per heavy atom. The molecule has 0 saturated heterocycles. The number of ketones is 1. The second-order valence-electron chi connectivity index (χ2n) is 14.4. The van der Waals surface area contributed by atoms with E-state index in [-0.39, 0.29) is 18.7 Å². The third-order valence-corrected chi connectivity index (χ3v) is 12.1. The number of methoxy groups -OCH3 is 1. The lowest BCUT2D eigenvalue weighted by Crippen LogP contribution is -2.46. The molecule has 2 saturated carbocycles. The molecule has 0 radical (unpaired) electrons. The first-order valence-electron chi connectivity index (χ1n) is 17.1. The molecule has 268 valence electrons. The molecule has 2 unspecified atom stereocenters. The molecular formula is C36H46N6O7S. The Balaban J connectivity index is 1.60. The zero-order valence-electron chi connectivity index (χ0n) is 29.7. The maximum atomic E-state index is 13.9. The Morgan fingerprint density at radius 2 is 1.66 bits per heavy atom. The van der Waals surface area contributed by atoms with Crippen molar-refractivity contribution in [1.82, 2.24) is 23.4 Å². The Morgan fingerprint density at radius 3 is 2.28 bits per heavy atom. The van der Waals surface area contributed by atoms with Crippen molar-refractivity contribution in [3.8, 4) is 5.75 Å². The van der Waals surface area contributed by atoms with Gasteiger partial charge in [-0.2, -0.15) is 12.7 Å². The standard InChI is InChI=1S/C36H46N6O7S/c1-39(2)35(45)25-15-22-23(16-24(25)33(43)36(46)40(3)4)29-17-26-30(49-7)14-13-21(20-11-9-8-10-12-20)32(26)42(29)19-28-27(22)18-37-31(28)34(44)38-50(47,48)41(5)6/h13-14,17-20,23-25,31H,8-12,15-16H2,1-7H3,(H,38,44)/t23-,24?,25-,31?/m1/s1. The van der Waals surface area contributed by atoms with Gasteiger partial charge in [-0.25, -0.2) is 4.72 Å². The van der Waals surface area contributed by atoms with Gasteiger partial charge in [-0.15, -0.1) is 0 Å². The average molecular weight is 707 g/mol. The van der Waals surface area contributed by atoms with Crippen LogP contribution in [-0.2, 0) is 29.4 Å². The summed E-state index contributed by atoms with van der Waals surface area (Å²) in [5.74, 6) is -3.56. The summed E-state index contributed by atoms with van der Waals surface area (Å²) in [4.78, 5) is 61.7. The van der Waals surface area contributed by atoms with Crippen molar-refractivity contribution >= 4 is 57.0 Å². The van der Waals surface area contributed by atoms with Crippen molar-refractivity contribution in [3.63, 3.8) is 0 Å². The second kappa shape index (κ2) is 13.4. The molecule has 3 heterocycles. The van der Waals surface area contributed by atoms with E-state index in [4.69, 9.17) is 4.74 Å². The molecule has 2 aromatic rings. The molecule has 13 nitrogen and oxygen atoms in total. The van der Waals surface area contributed by atoms with Gasteiger partial charge in [0.2, 0.25) is 11.7 Å². The number of carbonyl (C=O) groups excluding carboxylic acids is 4. The molecule has 6 rings (SSSR count). The molecule has 3 amide bonds. The van der Waals surface area contributed by atoms with Crippen LogP contribution in [-0.4, -0.2) is 112 Å². The summed E-state index contributed by atoms with van der Waals surface area (Å²) >= 11 is 0. The van der Waals surface area contributed by atoms with E-state index in [2.05, 4.69) is 26.4 Å². The fraction of sp³-hybridized carbons (Fsp3) is 0.528. The summed E-state index contributed by atoms with van der Waals surface area (Å²) in [6, 6.07) is 4.97. The van der Waals surface area contributed by atoms with Gasteiger partial charge >= 0.3 is 10.2 Å². The van der Waals surface area contributed by atoms with Crippen LogP contribution in [0, 0.1) is 11.8 Å². The molecule has 2 aliphatic heterocycles. The van der Waals surface area contributed by atoms with Crippen LogP contribution >= 0.6 is 0 Å². The number of ether oxygens (including phenoxy) is 1. The molecule has 1 aromatic carbocycles. The monoisotopic (exact) mass is 706 g/mol. The van der Waals surface area contributed by atoms with Crippen molar-refractivity contribution < 1.29 is 32.3 Å². The van der Waals surface area contributed by atoms with Gasteiger partial charge in [0.1, 0.15) is 5.75 Å². The average Bonchev–Trinajstić information content (AvgIpc) is 3.65. The van der Waals surface area contributed by atoms with Crippen LogP contribution in [0.1, 0.15) is 68.0 Å².